The zero-order chi connectivity index (χ0) is 23.3. The fraction of sp³-hybridized carbons (Fsp3) is 0.640. The van der Waals surface area contributed by atoms with Crippen molar-refractivity contribution in [3.8, 4) is 5.75 Å². The number of carbonyl (C=O) groups excluding carboxylic acids is 1. The largest absolute Gasteiger partial charge is 0.497 e. The van der Waals surface area contributed by atoms with Crippen molar-refractivity contribution in [1.29, 1.82) is 0 Å². The molecule has 0 N–H and O–H groups in total. The summed E-state index contributed by atoms with van der Waals surface area (Å²) in [6.45, 7) is 14.8. The predicted molar refractivity (Wildman–Crippen MR) is 129 cm³/mol. The van der Waals surface area contributed by atoms with Gasteiger partial charge in [-0.1, -0.05) is 39.0 Å². The molecular formula is C25H42O5Si. The maximum atomic E-state index is 11.6. The van der Waals surface area contributed by atoms with Gasteiger partial charge in [0.15, 0.2) is 8.32 Å². The Bertz CT molecular complexity index is 661. The average molecular weight is 451 g/mol. The van der Waals surface area contributed by atoms with Gasteiger partial charge in [0, 0.05) is 18.8 Å². The van der Waals surface area contributed by atoms with Crippen molar-refractivity contribution in [2.75, 3.05) is 20.3 Å². The van der Waals surface area contributed by atoms with E-state index in [1.807, 2.05) is 37.3 Å². The van der Waals surface area contributed by atoms with E-state index in [1.165, 1.54) is 6.08 Å². The van der Waals surface area contributed by atoms with Gasteiger partial charge in [-0.05, 0) is 68.4 Å². The highest BCUT2D eigenvalue weighted by Gasteiger charge is 2.38. The van der Waals surface area contributed by atoms with Crippen LogP contribution in [0.2, 0.25) is 18.1 Å². The number of methoxy groups -OCH3 is 1. The van der Waals surface area contributed by atoms with E-state index in [0.717, 1.165) is 43.6 Å². The first-order valence-electron chi connectivity index (χ1n) is 11.3. The first kappa shape index (κ1) is 27.4. The van der Waals surface area contributed by atoms with E-state index in [4.69, 9.17) is 18.6 Å². The Morgan fingerprint density at radius 1 is 1.13 bits per heavy atom. The molecule has 0 fully saturated rings. The molecule has 0 unspecified atom stereocenters. The molecule has 0 saturated heterocycles. The van der Waals surface area contributed by atoms with Crippen LogP contribution in [-0.4, -0.2) is 40.7 Å². The molecule has 0 radical (unpaired) electrons. The monoisotopic (exact) mass is 450 g/mol. The van der Waals surface area contributed by atoms with E-state index >= 15 is 0 Å². The first-order chi connectivity index (χ1) is 14.6. The van der Waals surface area contributed by atoms with Crippen molar-refractivity contribution in [3.05, 3.63) is 42.0 Å². The zero-order valence-corrected chi connectivity index (χ0v) is 21.5. The van der Waals surface area contributed by atoms with E-state index in [0.29, 0.717) is 13.2 Å². The number of hydrogen-bond donors (Lipinski definition) is 0. The summed E-state index contributed by atoms with van der Waals surface area (Å²) < 4.78 is 22.6. The van der Waals surface area contributed by atoms with Crippen LogP contribution < -0.4 is 4.74 Å². The minimum absolute atomic E-state index is 0.105. The highest BCUT2D eigenvalue weighted by Crippen LogP contribution is 2.38. The fourth-order valence-electron chi connectivity index (χ4n) is 2.81. The van der Waals surface area contributed by atoms with E-state index in [2.05, 4.69) is 33.9 Å². The normalized spacial score (nSPS) is 13.4. The molecule has 1 atom stereocenters. The lowest BCUT2D eigenvalue weighted by atomic mass is 10.1. The number of esters is 1. The summed E-state index contributed by atoms with van der Waals surface area (Å²) in [7, 11) is -0.212. The molecule has 0 aliphatic heterocycles. The average Bonchev–Trinajstić information content (AvgIpc) is 2.70. The van der Waals surface area contributed by atoms with Crippen molar-refractivity contribution < 1.29 is 23.4 Å². The summed E-state index contributed by atoms with van der Waals surface area (Å²) in [4.78, 5) is 11.6. The molecule has 1 rings (SSSR count). The number of rotatable bonds is 14. The van der Waals surface area contributed by atoms with Crippen molar-refractivity contribution in [2.24, 2.45) is 0 Å². The van der Waals surface area contributed by atoms with Crippen LogP contribution in [0.25, 0.3) is 0 Å². The zero-order valence-electron chi connectivity index (χ0n) is 20.5. The second-order valence-corrected chi connectivity index (χ2v) is 14.0. The minimum atomic E-state index is -1.88. The number of ether oxygens (including phenoxy) is 3. The Balaban J connectivity index is 2.47. The predicted octanol–water partition coefficient (Wildman–Crippen LogP) is 6.28. The molecule has 0 saturated carbocycles. The lowest BCUT2D eigenvalue weighted by Gasteiger charge is -2.39. The summed E-state index contributed by atoms with van der Waals surface area (Å²) in [6, 6.07) is 7.95. The standard InChI is InChI=1S/C25H42O5Si/c1-8-29-24(26)14-11-13-23(30-31(6,7)25(2,3)4)12-9-10-19-28-20-21-15-17-22(27-5)18-16-21/h11,14-18,23H,8-10,12-13,19-20H2,1-7H3/b14-11+/t23-/m1/s1. The van der Waals surface area contributed by atoms with Crippen molar-refractivity contribution in [1.82, 2.24) is 0 Å². The summed E-state index contributed by atoms with van der Waals surface area (Å²) in [5.74, 6) is 0.564. The quantitative estimate of drug-likeness (QED) is 0.144. The van der Waals surface area contributed by atoms with E-state index in [-0.39, 0.29) is 17.1 Å². The molecule has 1 aromatic rings. The Morgan fingerprint density at radius 3 is 2.39 bits per heavy atom. The number of unbranched alkanes of at least 4 members (excludes halogenated alkanes) is 1. The second-order valence-electron chi connectivity index (χ2n) is 9.29. The van der Waals surface area contributed by atoms with Gasteiger partial charge in [0.25, 0.3) is 0 Å². The van der Waals surface area contributed by atoms with E-state index in [9.17, 15) is 4.79 Å². The summed E-state index contributed by atoms with van der Waals surface area (Å²) in [5.41, 5.74) is 1.14. The Morgan fingerprint density at radius 2 is 1.81 bits per heavy atom. The summed E-state index contributed by atoms with van der Waals surface area (Å²) in [5, 5.41) is 0.150. The molecule has 1 aromatic carbocycles. The van der Waals surface area contributed by atoms with Gasteiger partial charge in [0.1, 0.15) is 5.75 Å². The van der Waals surface area contributed by atoms with Gasteiger partial charge in [-0.3, -0.25) is 0 Å². The lowest BCUT2D eigenvalue weighted by Crippen LogP contribution is -2.43. The van der Waals surface area contributed by atoms with Crippen LogP contribution >= 0.6 is 0 Å². The highest BCUT2D eigenvalue weighted by atomic mass is 28.4. The Labute approximate surface area is 190 Å². The Kier molecular flexibility index (Phi) is 12.1. The third-order valence-corrected chi connectivity index (χ3v) is 10.2. The van der Waals surface area contributed by atoms with Gasteiger partial charge in [-0.25, -0.2) is 4.79 Å². The molecule has 31 heavy (non-hydrogen) atoms. The van der Waals surface area contributed by atoms with Gasteiger partial charge in [0.05, 0.1) is 20.3 Å². The second kappa shape index (κ2) is 13.7. The van der Waals surface area contributed by atoms with Gasteiger partial charge < -0.3 is 18.6 Å². The van der Waals surface area contributed by atoms with Crippen LogP contribution in [0.15, 0.2) is 36.4 Å². The highest BCUT2D eigenvalue weighted by molar-refractivity contribution is 6.74. The molecule has 0 heterocycles. The number of carbonyl (C=O) groups is 1. The fourth-order valence-corrected chi connectivity index (χ4v) is 4.21. The molecule has 176 valence electrons. The van der Waals surface area contributed by atoms with Gasteiger partial charge in [0.2, 0.25) is 0 Å². The van der Waals surface area contributed by atoms with Crippen LogP contribution in [0.3, 0.4) is 0 Å². The maximum absolute atomic E-state index is 11.6. The smallest absolute Gasteiger partial charge is 0.330 e. The molecule has 6 heteroatoms. The van der Waals surface area contributed by atoms with Crippen molar-refractivity contribution >= 4 is 14.3 Å². The van der Waals surface area contributed by atoms with E-state index in [1.54, 1.807) is 7.11 Å². The minimum Gasteiger partial charge on any atom is -0.497 e. The lowest BCUT2D eigenvalue weighted by molar-refractivity contribution is -0.137. The van der Waals surface area contributed by atoms with E-state index < -0.39 is 8.32 Å². The van der Waals surface area contributed by atoms with Crippen LogP contribution in [0.4, 0.5) is 0 Å². The molecular weight excluding hydrogens is 408 g/mol. The van der Waals surface area contributed by atoms with Crippen molar-refractivity contribution in [3.63, 3.8) is 0 Å². The molecule has 0 aromatic heterocycles. The van der Waals surface area contributed by atoms with Gasteiger partial charge >= 0.3 is 5.97 Å². The molecule has 0 aliphatic rings. The van der Waals surface area contributed by atoms with Gasteiger partial charge in [-0.15, -0.1) is 0 Å². The SMILES string of the molecule is CCOC(=O)/C=C/C[C@@H](CCCCOCc1ccc(OC)cc1)O[Si](C)(C)C(C)(C)C. The molecule has 0 amide bonds. The third kappa shape index (κ3) is 11.0. The topological polar surface area (TPSA) is 54.0 Å². The van der Waals surface area contributed by atoms with Crippen LogP contribution in [0.1, 0.15) is 58.9 Å². The maximum Gasteiger partial charge on any atom is 0.330 e. The summed E-state index contributed by atoms with van der Waals surface area (Å²) in [6.07, 6.45) is 7.18. The van der Waals surface area contributed by atoms with Gasteiger partial charge in [-0.2, -0.15) is 0 Å². The van der Waals surface area contributed by atoms with Crippen LogP contribution in [0, 0.1) is 0 Å². The van der Waals surface area contributed by atoms with Crippen molar-refractivity contribution in [2.45, 2.75) is 84.2 Å². The molecule has 0 aliphatic carbocycles. The first-order valence-corrected chi connectivity index (χ1v) is 14.2. The van der Waals surface area contributed by atoms with Crippen LogP contribution in [0.5, 0.6) is 5.75 Å². The van der Waals surface area contributed by atoms with Crippen LogP contribution in [-0.2, 0) is 25.3 Å². The number of hydrogen-bond acceptors (Lipinski definition) is 5. The molecule has 0 spiro atoms. The molecule has 5 nitrogen and oxygen atoms in total. The third-order valence-electron chi connectivity index (χ3n) is 5.70. The molecule has 0 bridgehead atoms. The Hall–Kier alpha value is -1.63. The number of benzene rings is 1. The summed E-state index contributed by atoms with van der Waals surface area (Å²) >= 11 is 0.